The largest absolute Gasteiger partial charge is 0.460 e. The summed E-state index contributed by atoms with van der Waals surface area (Å²) >= 11 is 0. The molecule has 0 amide bonds. The van der Waals surface area contributed by atoms with Crippen LogP contribution in [-0.2, 0) is 22.3 Å². The molecule has 4 aromatic rings. The van der Waals surface area contributed by atoms with Gasteiger partial charge in [-0.25, -0.2) is 17.7 Å². The standard InChI is InChI=1S/C23H18F5N3O3S/c1-31(2)35(32,33)20-6-4-3-5-17(20)14-7-12-18-19(13-14)30-21(29-18)23(27,28)34-16-10-8-15(9-11-16)22(24,25)26/h3-13H,1-2H3,(H,29,30). The Balaban J connectivity index is 1.67. The van der Waals surface area contributed by atoms with Crippen molar-refractivity contribution in [2.75, 3.05) is 14.1 Å². The predicted molar refractivity (Wildman–Crippen MR) is 118 cm³/mol. The van der Waals surface area contributed by atoms with E-state index in [1.54, 1.807) is 24.3 Å². The van der Waals surface area contributed by atoms with Gasteiger partial charge in [0.25, 0.3) is 0 Å². The van der Waals surface area contributed by atoms with E-state index in [-0.39, 0.29) is 15.9 Å². The number of benzene rings is 3. The molecule has 1 heterocycles. The van der Waals surface area contributed by atoms with Gasteiger partial charge in [0.1, 0.15) is 5.75 Å². The molecule has 3 aromatic carbocycles. The van der Waals surface area contributed by atoms with Crippen molar-refractivity contribution in [2.24, 2.45) is 0 Å². The summed E-state index contributed by atoms with van der Waals surface area (Å²) in [6, 6.07) is 13.6. The van der Waals surface area contributed by atoms with Gasteiger partial charge in [0, 0.05) is 19.7 Å². The minimum absolute atomic E-state index is 0.0417. The lowest BCUT2D eigenvalue weighted by molar-refractivity contribution is -0.191. The number of imidazole rings is 1. The zero-order valence-corrected chi connectivity index (χ0v) is 19.1. The summed E-state index contributed by atoms with van der Waals surface area (Å²) in [7, 11) is -0.981. The average molecular weight is 511 g/mol. The van der Waals surface area contributed by atoms with Gasteiger partial charge in [-0.15, -0.1) is 0 Å². The number of aromatic nitrogens is 2. The Morgan fingerprint density at radius 2 is 1.57 bits per heavy atom. The third-order valence-corrected chi connectivity index (χ3v) is 7.02. The third-order valence-electron chi connectivity index (χ3n) is 5.14. The van der Waals surface area contributed by atoms with Crippen LogP contribution in [0.3, 0.4) is 0 Å². The lowest BCUT2D eigenvalue weighted by Gasteiger charge is -2.16. The number of hydrogen-bond donors (Lipinski definition) is 1. The Kier molecular flexibility index (Phi) is 6.05. The number of ether oxygens (including phenoxy) is 1. The van der Waals surface area contributed by atoms with Gasteiger partial charge in [-0.05, 0) is 48.0 Å². The van der Waals surface area contributed by atoms with Crippen molar-refractivity contribution in [1.29, 1.82) is 0 Å². The second-order valence-electron chi connectivity index (χ2n) is 7.74. The van der Waals surface area contributed by atoms with Crippen LogP contribution >= 0.6 is 0 Å². The van der Waals surface area contributed by atoms with Crippen LogP contribution < -0.4 is 4.74 Å². The molecule has 0 aliphatic heterocycles. The van der Waals surface area contributed by atoms with E-state index < -0.39 is 39.4 Å². The van der Waals surface area contributed by atoms with Crippen molar-refractivity contribution >= 4 is 21.1 Å². The topological polar surface area (TPSA) is 75.3 Å². The van der Waals surface area contributed by atoms with Gasteiger partial charge < -0.3 is 9.72 Å². The summed E-state index contributed by atoms with van der Waals surface area (Å²) in [6.07, 6.45) is -8.59. The van der Waals surface area contributed by atoms with Crippen molar-refractivity contribution in [3.63, 3.8) is 0 Å². The van der Waals surface area contributed by atoms with Crippen LogP contribution in [0.2, 0.25) is 0 Å². The van der Waals surface area contributed by atoms with Gasteiger partial charge in [-0.1, -0.05) is 24.3 Å². The van der Waals surface area contributed by atoms with Crippen LogP contribution in [0.4, 0.5) is 22.0 Å². The first-order valence-corrected chi connectivity index (χ1v) is 11.5. The molecule has 0 radical (unpaired) electrons. The lowest BCUT2D eigenvalue weighted by Crippen LogP contribution is -2.23. The quantitative estimate of drug-likeness (QED) is 0.341. The molecule has 0 spiro atoms. The Hall–Kier alpha value is -3.51. The number of fused-ring (bicyclic) bond motifs is 1. The number of nitrogens with zero attached hydrogens (tertiary/aromatic N) is 2. The maximum absolute atomic E-state index is 14.7. The van der Waals surface area contributed by atoms with Crippen LogP contribution in [0.5, 0.6) is 5.75 Å². The molecule has 35 heavy (non-hydrogen) atoms. The summed E-state index contributed by atoms with van der Waals surface area (Å²) in [5.41, 5.74) is 0.159. The average Bonchev–Trinajstić information content (AvgIpc) is 3.23. The van der Waals surface area contributed by atoms with E-state index in [0.717, 1.165) is 16.4 Å². The molecule has 0 aliphatic carbocycles. The number of halogens is 5. The van der Waals surface area contributed by atoms with E-state index in [2.05, 4.69) is 14.7 Å². The molecule has 12 heteroatoms. The molecule has 0 unspecified atom stereocenters. The highest BCUT2D eigenvalue weighted by Gasteiger charge is 2.39. The zero-order valence-electron chi connectivity index (χ0n) is 18.3. The van der Waals surface area contributed by atoms with Crippen LogP contribution in [0.25, 0.3) is 22.2 Å². The molecule has 0 saturated carbocycles. The van der Waals surface area contributed by atoms with Crippen molar-refractivity contribution in [1.82, 2.24) is 14.3 Å². The minimum atomic E-state index is -4.61. The highest BCUT2D eigenvalue weighted by Crippen LogP contribution is 2.35. The Morgan fingerprint density at radius 3 is 2.20 bits per heavy atom. The van der Waals surface area contributed by atoms with Crippen molar-refractivity contribution in [3.05, 3.63) is 78.1 Å². The fourth-order valence-corrected chi connectivity index (χ4v) is 4.46. The molecule has 0 bridgehead atoms. The molecule has 0 atom stereocenters. The van der Waals surface area contributed by atoms with Crippen molar-refractivity contribution < 1.29 is 35.1 Å². The van der Waals surface area contributed by atoms with Gasteiger partial charge >= 0.3 is 12.3 Å². The van der Waals surface area contributed by atoms with Gasteiger partial charge in [-0.3, -0.25) is 0 Å². The molecule has 0 aliphatic rings. The van der Waals surface area contributed by atoms with E-state index in [1.807, 2.05) is 0 Å². The van der Waals surface area contributed by atoms with Crippen molar-refractivity contribution in [2.45, 2.75) is 17.2 Å². The highest BCUT2D eigenvalue weighted by atomic mass is 32.2. The Morgan fingerprint density at radius 1 is 0.914 bits per heavy atom. The molecule has 1 aromatic heterocycles. The van der Waals surface area contributed by atoms with Gasteiger partial charge in [0.2, 0.25) is 15.8 Å². The predicted octanol–water partition coefficient (Wildman–Crippen LogP) is 5.63. The molecule has 1 N–H and O–H groups in total. The number of nitrogens with one attached hydrogen (secondary N) is 1. The molecule has 184 valence electrons. The highest BCUT2D eigenvalue weighted by molar-refractivity contribution is 7.89. The molecule has 0 fully saturated rings. The summed E-state index contributed by atoms with van der Waals surface area (Å²) in [6.45, 7) is 0. The number of rotatable bonds is 6. The number of aromatic amines is 1. The summed E-state index contributed by atoms with van der Waals surface area (Å²) in [4.78, 5) is 6.33. The van der Waals surface area contributed by atoms with E-state index in [1.165, 1.54) is 32.3 Å². The van der Waals surface area contributed by atoms with E-state index in [0.29, 0.717) is 23.3 Å². The van der Waals surface area contributed by atoms with Gasteiger partial charge in [0.05, 0.1) is 21.5 Å². The van der Waals surface area contributed by atoms with Gasteiger partial charge in [0.15, 0.2) is 0 Å². The number of H-pyrrole nitrogens is 1. The second kappa shape index (κ2) is 8.61. The number of sulfonamides is 1. The molecule has 0 saturated heterocycles. The second-order valence-corrected chi connectivity index (χ2v) is 9.86. The van der Waals surface area contributed by atoms with E-state index in [9.17, 15) is 30.4 Å². The zero-order chi connectivity index (χ0) is 25.6. The first-order chi connectivity index (χ1) is 16.3. The van der Waals surface area contributed by atoms with Gasteiger partial charge in [-0.2, -0.15) is 22.0 Å². The molecular weight excluding hydrogens is 493 g/mol. The van der Waals surface area contributed by atoms with Crippen molar-refractivity contribution in [3.8, 4) is 16.9 Å². The molecule has 6 nitrogen and oxygen atoms in total. The Labute approximate surface area is 197 Å². The first-order valence-electron chi connectivity index (χ1n) is 10.1. The van der Waals surface area contributed by atoms with Crippen LogP contribution in [0, 0.1) is 0 Å². The summed E-state index contributed by atoms with van der Waals surface area (Å²) in [5.74, 6) is -1.34. The fraction of sp³-hybridized carbons (Fsp3) is 0.174. The minimum Gasteiger partial charge on any atom is -0.427 e. The molecular formula is C23H18F5N3O3S. The van der Waals surface area contributed by atoms with Crippen LogP contribution in [0.15, 0.2) is 71.6 Å². The fourth-order valence-electron chi connectivity index (χ4n) is 3.35. The summed E-state index contributed by atoms with van der Waals surface area (Å²) < 4.78 is 98.6. The number of hydrogen-bond acceptors (Lipinski definition) is 4. The summed E-state index contributed by atoms with van der Waals surface area (Å²) in [5, 5.41) is 0. The van der Waals surface area contributed by atoms with Crippen LogP contribution in [-0.4, -0.2) is 36.8 Å². The first kappa shape index (κ1) is 24.6. The smallest absolute Gasteiger partial charge is 0.427 e. The third kappa shape index (κ3) is 4.84. The normalized spacial score (nSPS) is 12.9. The monoisotopic (exact) mass is 511 g/mol. The maximum atomic E-state index is 14.7. The SMILES string of the molecule is CN(C)S(=O)(=O)c1ccccc1-c1ccc2nc(C(F)(F)Oc3ccc(C(F)(F)F)cc3)[nH]c2c1. The Bertz CT molecular complexity index is 1480. The lowest BCUT2D eigenvalue weighted by atomic mass is 10.1. The van der Waals surface area contributed by atoms with E-state index >= 15 is 0 Å². The maximum Gasteiger partial charge on any atom is 0.460 e. The number of alkyl halides is 5. The van der Waals surface area contributed by atoms with Crippen LogP contribution in [0.1, 0.15) is 11.4 Å². The molecule has 4 rings (SSSR count). The van der Waals surface area contributed by atoms with E-state index in [4.69, 9.17) is 0 Å².